The highest BCUT2D eigenvalue weighted by molar-refractivity contribution is 6.25. The van der Waals surface area contributed by atoms with E-state index in [-0.39, 0.29) is 53.5 Å². The minimum absolute atomic E-state index is 0.0240. The number of phenols is 3. The zero-order valence-corrected chi connectivity index (χ0v) is 24.2. The van der Waals surface area contributed by atoms with E-state index in [1.807, 2.05) is 0 Å². The van der Waals surface area contributed by atoms with Crippen LogP contribution in [0.2, 0.25) is 0 Å². The number of hydrogen-bond acceptors (Lipinski definition) is 12. The summed E-state index contributed by atoms with van der Waals surface area (Å²) in [4.78, 5) is 43.2. The summed E-state index contributed by atoms with van der Waals surface area (Å²) < 4.78 is 0. The number of aliphatic hydroxyl groups is 3. The van der Waals surface area contributed by atoms with Gasteiger partial charge in [0.05, 0.1) is 17.4 Å². The molecule has 5 rings (SSSR count). The van der Waals surface area contributed by atoms with Crippen LogP contribution in [0.3, 0.4) is 0 Å². The maximum absolute atomic E-state index is 14.1. The van der Waals surface area contributed by atoms with Crippen LogP contribution in [-0.4, -0.2) is 99.0 Å². The van der Waals surface area contributed by atoms with Gasteiger partial charge in [0.1, 0.15) is 17.4 Å². The van der Waals surface area contributed by atoms with Crippen LogP contribution < -0.4 is 16.0 Å². The summed E-state index contributed by atoms with van der Waals surface area (Å²) in [6.07, 6.45) is -1.36. The third kappa shape index (κ3) is 4.46. The Labute approximate surface area is 247 Å². The Morgan fingerprint density at radius 3 is 2.33 bits per heavy atom. The molecule has 0 radical (unpaired) electrons. The Kier molecular flexibility index (Phi) is 7.31. The van der Waals surface area contributed by atoms with Gasteiger partial charge in [-0.25, -0.2) is 0 Å². The van der Waals surface area contributed by atoms with Crippen molar-refractivity contribution < 1.29 is 45.0 Å². The standard InChI is InChI=1S/C30H36N4O9/c1-33(2)17-10-16(32-11-12-5-6-18(35)19(36)7-12)24(37)21-14(17)8-13-9-15-23(34(3)4)26(39)22(29(31)42)28(41)30(15,43)27(40)20(13)25(21)38/h5-7,10,13,15,22-23,26,32,35-39,43H,8-9,11H2,1-4H3,(H2,31,42)/t13-,15-,22?,23-,26?,30-/m1/s1. The first kappa shape index (κ1) is 30.1. The summed E-state index contributed by atoms with van der Waals surface area (Å²) in [5, 5.41) is 68.3. The SMILES string of the molecule is CN(C)c1cc(NCc2ccc(O)c(O)c2)c(O)c2c1C[C@@H]1C[C@@H]3[C@@H](N(C)C)C(O)C(C(N)=O)C(=O)[C@]3(O)C(=O)C1=C2O. The van der Waals surface area contributed by atoms with Crippen LogP contribution in [0.1, 0.15) is 23.1 Å². The smallest absolute Gasteiger partial charge is 0.230 e. The number of Topliss-reactive ketones (excluding diaryl/α,β-unsaturated/α-hetero) is 2. The lowest BCUT2D eigenvalue weighted by molar-refractivity contribution is -0.184. The Balaban J connectivity index is 1.63. The van der Waals surface area contributed by atoms with Gasteiger partial charge in [0.2, 0.25) is 11.7 Å². The average molecular weight is 597 g/mol. The molecule has 9 N–H and O–H groups in total. The van der Waals surface area contributed by atoms with Crippen LogP contribution in [0, 0.1) is 17.8 Å². The Morgan fingerprint density at radius 2 is 1.74 bits per heavy atom. The number of aliphatic hydroxyl groups excluding tert-OH is 2. The fraction of sp³-hybridized carbons (Fsp3) is 0.433. The minimum atomic E-state index is -2.73. The molecule has 3 aliphatic carbocycles. The lowest BCUT2D eigenvalue weighted by Gasteiger charge is -2.53. The van der Waals surface area contributed by atoms with Gasteiger partial charge >= 0.3 is 0 Å². The summed E-state index contributed by atoms with van der Waals surface area (Å²) in [6.45, 7) is 0.116. The largest absolute Gasteiger partial charge is 0.507 e. The minimum Gasteiger partial charge on any atom is -0.507 e. The number of carbonyl (C=O) groups is 3. The van der Waals surface area contributed by atoms with E-state index in [0.717, 1.165) is 0 Å². The number of anilines is 2. The zero-order chi connectivity index (χ0) is 31.7. The van der Waals surface area contributed by atoms with Crippen LogP contribution in [0.5, 0.6) is 17.2 Å². The number of fused-ring (bicyclic) bond motifs is 3. The van der Waals surface area contributed by atoms with E-state index in [9.17, 15) is 45.0 Å². The van der Waals surface area contributed by atoms with Crippen molar-refractivity contribution in [2.75, 3.05) is 38.4 Å². The number of nitrogens with two attached hydrogens (primary N) is 1. The van der Waals surface area contributed by atoms with Crippen molar-refractivity contribution in [1.29, 1.82) is 0 Å². The highest BCUT2D eigenvalue weighted by atomic mass is 16.3. The molecule has 0 heterocycles. The Hall–Kier alpha value is -4.33. The van der Waals surface area contributed by atoms with Gasteiger partial charge in [-0.2, -0.15) is 0 Å². The molecule has 2 aromatic rings. The van der Waals surface area contributed by atoms with Gasteiger partial charge in [-0.3, -0.25) is 14.4 Å². The molecule has 0 aliphatic heterocycles. The van der Waals surface area contributed by atoms with Gasteiger partial charge in [-0.15, -0.1) is 0 Å². The lowest BCUT2D eigenvalue weighted by atomic mass is 9.54. The molecule has 2 saturated carbocycles. The first-order valence-electron chi connectivity index (χ1n) is 13.8. The van der Waals surface area contributed by atoms with E-state index in [1.54, 1.807) is 50.1 Å². The molecule has 3 aliphatic rings. The van der Waals surface area contributed by atoms with E-state index in [2.05, 4.69) is 5.32 Å². The predicted octanol–water partition coefficient (Wildman–Crippen LogP) is 0.218. The lowest BCUT2D eigenvalue weighted by Crippen LogP contribution is -2.73. The number of aromatic hydroxyl groups is 3. The van der Waals surface area contributed by atoms with Crippen molar-refractivity contribution in [1.82, 2.24) is 4.90 Å². The van der Waals surface area contributed by atoms with Gasteiger partial charge in [0.15, 0.2) is 22.9 Å². The number of likely N-dealkylation sites (N-methyl/N-ethyl adjacent to an activating group) is 1. The third-order valence-electron chi connectivity index (χ3n) is 9.07. The van der Waals surface area contributed by atoms with Gasteiger partial charge in [0, 0.05) is 43.9 Å². The van der Waals surface area contributed by atoms with Crippen LogP contribution in [0.15, 0.2) is 29.8 Å². The second-order valence-corrected chi connectivity index (χ2v) is 12.0. The van der Waals surface area contributed by atoms with Crippen molar-refractivity contribution in [3.05, 3.63) is 46.5 Å². The molecule has 0 spiro atoms. The first-order valence-corrected chi connectivity index (χ1v) is 13.8. The fourth-order valence-corrected chi connectivity index (χ4v) is 7.06. The molecule has 230 valence electrons. The predicted molar refractivity (Wildman–Crippen MR) is 156 cm³/mol. The summed E-state index contributed by atoms with van der Waals surface area (Å²) in [5.74, 6) is -8.65. The average Bonchev–Trinajstić information content (AvgIpc) is 2.91. The highest BCUT2D eigenvalue weighted by Gasteiger charge is 2.67. The summed E-state index contributed by atoms with van der Waals surface area (Å²) in [5.41, 5.74) is 4.36. The van der Waals surface area contributed by atoms with Crippen molar-refractivity contribution in [2.24, 2.45) is 23.5 Å². The van der Waals surface area contributed by atoms with Crippen LogP contribution in [0.4, 0.5) is 11.4 Å². The molecular weight excluding hydrogens is 560 g/mol. The van der Waals surface area contributed by atoms with E-state index in [4.69, 9.17) is 5.73 Å². The highest BCUT2D eigenvalue weighted by Crippen LogP contribution is 2.54. The van der Waals surface area contributed by atoms with Crippen molar-refractivity contribution in [2.45, 2.75) is 37.1 Å². The van der Waals surface area contributed by atoms with E-state index in [0.29, 0.717) is 16.8 Å². The van der Waals surface area contributed by atoms with Gasteiger partial charge in [-0.1, -0.05) is 6.07 Å². The molecule has 0 aromatic heterocycles. The molecule has 0 bridgehead atoms. The van der Waals surface area contributed by atoms with Crippen molar-refractivity contribution in [3.63, 3.8) is 0 Å². The topological polar surface area (TPSA) is 217 Å². The van der Waals surface area contributed by atoms with Gasteiger partial charge in [-0.05, 0) is 62.2 Å². The molecule has 13 nitrogen and oxygen atoms in total. The van der Waals surface area contributed by atoms with E-state index in [1.165, 1.54) is 12.1 Å². The Morgan fingerprint density at radius 1 is 1.07 bits per heavy atom. The number of hydrogen-bond donors (Lipinski definition) is 8. The van der Waals surface area contributed by atoms with Crippen LogP contribution in [0.25, 0.3) is 5.76 Å². The van der Waals surface area contributed by atoms with Gasteiger partial charge in [0.25, 0.3) is 0 Å². The third-order valence-corrected chi connectivity index (χ3v) is 9.07. The van der Waals surface area contributed by atoms with E-state index < -0.39 is 58.7 Å². The monoisotopic (exact) mass is 596 g/mol. The number of benzene rings is 2. The van der Waals surface area contributed by atoms with Crippen LogP contribution >= 0.6 is 0 Å². The Bertz CT molecular complexity index is 1570. The number of nitrogens with zero attached hydrogens (tertiary/aromatic N) is 2. The van der Waals surface area contributed by atoms with Crippen molar-refractivity contribution >= 4 is 34.6 Å². The maximum atomic E-state index is 14.1. The molecule has 2 unspecified atom stereocenters. The molecule has 13 heteroatoms. The fourth-order valence-electron chi connectivity index (χ4n) is 7.06. The quantitative estimate of drug-likeness (QED) is 0.166. The molecule has 2 fully saturated rings. The number of rotatable bonds is 6. The normalized spacial score (nSPS) is 28.3. The van der Waals surface area contributed by atoms with Crippen molar-refractivity contribution in [3.8, 4) is 17.2 Å². The maximum Gasteiger partial charge on any atom is 0.230 e. The second-order valence-electron chi connectivity index (χ2n) is 12.0. The number of nitrogens with one attached hydrogen (secondary N) is 1. The number of ketones is 2. The van der Waals surface area contributed by atoms with Crippen LogP contribution in [-0.2, 0) is 27.3 Å². The number of primary amides is 1. The molecule has 1 amide bonds. The zero-order valence-electron chi connectivity index (χ0n) is 24.2. The molecule has 2 aromatic carbocycles. The number of amides is 1. The van der Waals surface area contributed by atoms with E-state index >= 15 is 0 Å². The molecular formula is C30H36N4O9. The summed E-state index contributed by atoms with van der Waals surface area (Å²) in [6, 6.07) is 4.96. The molecule has 0 saturated heterocycles. The number of carbonyl (C=O) groups excluding carboxylic acids is 3. The molecule has 43 heavy (non-hydrogen) atoms. The first-order chi connectivity index (χ1) is 20.1. The molecule has 6 atom stereocenters. The second kappa shape index (κ2) is 10.4. The summed E-state index contributed by atoms with van der Waals surface area (Å²) >= 11 is 0. The number of phenolic OH excluding ortho intramolecular Hbond substituents is 3. The van der Waals surface area contributed by atoms with Gasteiger partial charge < -0.3 is 51.5 Å². The summed E-state index contributed by atoms with van der Waals surface area (Å²) in [7, 11) is 6.75.